The average Bonchev–Trinajstić information content (AvgIpc) is 2.82. The van der Waals surface area contributed by atoms with Gasteiger partial charge in [0, 0.05) is 16.9 Å². The Kier molecular flexibility index (Phi) is 3.99. The van der Waals surface area contributed by atoms with Crippen LogP contribution in [0.4, 0.5) is 5.69 Å². The molecule has 1 N–H and O–H groups in total. The first kappa shape index (κ1) is 12.6. The van der Waals surface area contributed by atoms with E-state index in [4.69, 9.17) is 4.74 Å². The molecule has 6 heteroatoms. The number of carbonyl (C=O) groups excluding carboxylic acids is 1. The van der Waals surface area contributed by atoms with Crippen LogP contribution in [0.25, 0.3) is 0 Å². The minimum absolute atomic E-state index is 0.157. The number of hydrogen-bond donors (Lipinski definition) is 1. The maximum absolute atomic E-state index is 11.8. The SMILES string of the molecule is COc1ccc(Br)cc1NC(=O)Cn1cccn1. The summed E-state index contributed by atoms with van der Waals surface area (Å²) in [6, 6.07) is 7.20. The largest absolute Gasteiger partial charge is 0.495 e. The van der Waals surface area contributed by atoms with Crippen LogP contribution in [-0.4, -0.2) is 22.8 Å². The van der Waals surface area contributed by atoms with E-state index in [1.54, 1.807) is 42.4 Å². The first-order valence-electron chi connectivity index (χ1n) is 5.30. The molecule has 0 saturated heterocycles. The van der Waals surface area contributed by atoms with Crippen molar-refractivity contribution in [3.05, 3.63) is 41.1 Å². The lowest BCUT2D eigenvalue weighted by Gasteiger charge is -2.10. The molecule has 0 atom stereocenters. The van der Waals surface area contributed by atoms with Gasteiger partial charge in [-0.15, -0.1) is 0 Å². The number of carbonyl (C=O) groups is 1. The summed E-state index contributed by atoms with van der Waals surface area (Å²) < 4.78 is 7.61. The number of amides is 1. The maximum atomic E-state index is 11.8. The van der Waals surface area contributed by atoms with E-state index in [2.05, 4.69) is 26.3 Å². The van der Waals surface area contributed by atoms with Crippen molar-refractivity contribution in [1.82, 2.24) is 9.78 Å². The highest BCUT2D eigenvalue weighted by molar-refractivity contribution is 9.10. The zero-order valence-electron chi connectivity index (χ0n) is 9.76. The summed E-state index contributed by atoms with van der Waals surface area (Å²) in [4.78, 5) is 11.8. The highest BCUT2D eigenvalue weighted by Crippen LogP contribution is 2.27. The molecule has 0 radical (unpaired) electrons. The van der Waals surface area contributed by atoms with E-state index < -0.39 is 0 Å². The zero-order valence-corrected chi connectivity index (χ0v) is 11.3. The smallest absolute Gasteiger partial charge is 0.246 e. The minimum Gasteiger partial charge on any atom is -0.495 e. The molecule has 1 amide bonds. The molecule has 2 rings (SSSR count). The minimum atomic E-state index is -0.157. The summed E-state index contributed by atoms with van der Waals surface area (Å²) >= 11 is 3.35. The number of anilines is 1. The summed E-state index contributed by atoms with van der Waals surface area (Å²) in [5.74, 6) is 0.460. The van der Waals surface area contributed by atoms with Crippen molar-refractivity contribution in [2.45, 2.75) is 6.54 Å². The standard InChI is InChI=1S/C12H12BrN3O2/c1-18-11-4-3-9(13)7-10(11)15-12(17)8-16-6-2-5-14-16/h2-7H,8H2,1H3,(H,15,17). The lowest BCUT2D eigenvalue weighted by molar-refractivity contribution is -0.116. The highest BCUT2D eigenvalue weighted by atomic mass is 79.9. The number of rotatable bonds is 4. The van der Waals surface area contributed by atoms with Gasteiger partial charge in [0.15, 0.2) is 0 Å². The molecule has 0 unspecified atom stereocenters. The van der Waals surface area contributed by atoms with Gasteiger partial charge in [0.25, 0.3) is 0 Å². The predicted molar refractivity (Wildman–Crippen MR) is 71.6 cm³/mol. The van der Waals surface area contributed by atoms with Crippen molar-refractivity contribution in [3.8, 4) is 5.75 Å². The molecule has 1 aromatic heterocycles. The Balaban J connectivity index is 2.08. The van der Waals surface area contributed by atoms with Gasteiger partial charge in [-0.3, -0.25) is 9.48 Å². The van der Waals surface area contributed by atoms with E-state index in [9.17, 15) is 4.79 Å². The van der Waals surface area contributed by atoms with E-state index in [1.165, 1.54) is 0 Å². The second-order valence-corrected chi connectivity index (χ2v) is 4.51. The van der Waals surface area contributed by atoms with E-state index in [0.717, 1.165) is 4.47 Å². The molecule has 0 aliphatic rings. The molecule has 1 aromatic carbocycles. The quantitative estimate of drug-likeness (QED) is 0.942. The number of methoxy groups -OCH3 is 1. The fourth-order valence-corrected chi connectivity index (χ4v) is 1.87. The van der Waals surface area contributed by atoms with E-state index in [1.807, 2.05) is 6.07 Å². The van der Waals surface area contributed by atoms with E-state index in [0.29, 0.717) is 11.4 Å². The summed E-state index contributed by atoms with van der Waals surface area (Å²) in [6.07, 6.45) is 3.37. The molecule has 94 valence electrons. The van der Waals surface area contributed by atoms with Crippen LogP contribution >= 0.6 is 15.9 Å². The van der Waals surface area contributed by atoms with E-state index >= 15 is 0 Å². The van der Waals surface area contributed by atoms with Crippen LogP contribution in [0.2, 0.25) is 0 Å². The third-order valence-electron chi connectivity index (χ3n) is 2.30. The second kappa shape index (κ2) is 5.68. The van der Waals surface area contributed by atoms with Gasteiger partial charge in [-0.05, 0) is 24.3 Å². The number of ether oxygens (including phenoxy) is 1. The summed E-state index contributed by atoms with van der Waals surface area (Å²) in [5, 5.41) is 6.76. The molecule has 2 aromatic rings. The van der Waals surface area contributed by atoms with Crippen molar-refractivity contribution in [3.63, 3.8) is 0 Å². The van der Waals surface area contributed by atoms with Gasteiger partial charge < -0.3 is 10.1 Å². The third-order valence-corrected chi connectivity index (χ3v) is 2.79. The van der Waals surface area contributed by atoms with Gasteiger partial charge in [0.2, 0.25) is 5.91 Å². The Morgan fingerprint density at radius 2 is 2.39 bits per heavy atom. The van der Waals surface area contributed by atoms with Crippen LogP contribution in [-0.2, 0) is 11.3 Å². The highest BCUT2D eigenvalue weighted by Gasteiger charge is 2.08. The monoisotopic (exact) mass is 309 g/mol. The Labute approximate surface area is 113 Å². The molecular formula is C12H12BrN3O2. The van der Waals surface area contributed by atoms with Crippen LogP contribution in [0.1, 0.15) is 0 Å². The number of nitrogens with zero attached hydrogens (tertiary/aromatic N) is 2. The average molecular weight is 310 g/mol. The van der Waals surface area contributed by atoms with Crippen molar-refractivity contribution in [2.24, 2.45) is 0 Å². The summed E-state index contributed by atoms with van der Waals surface area (Å²) in [7, 11) is 1.56. The Hall–Kier alpha value is -1.82. The second-order valence-electron chi connectivity index (χ2n) is 3.60. The molecule has 0 spiro atoms. The van der Waals surface area contributed by atoms with Crippen molar-refractivity contribution < 1.29 is 9.53 Å². The molecule has 18 heavy (non-hydrogen) atoms. The normalized spacial score (nSPS) is 10.1. The molecular weight excluding hydrogens is 298 g/mol. The number of halogens is 1. The Morgan fingerprint density at radius 1 is 1.56 bits per heavy atom. The molecule has 5 nitrogen and oxygen atoms in total. The van der Waals surface area contributed by atoms with Crippen LogP contribution in [0, 0.1) is 0 Å². The van der Waals surface area contributed by atoms with Crippen LogP contribution in [0.5, 0.6) is 5.75 Å². The Morgan fingerprint density at radius 3 is 3.06 bits per heavy atom. The number of aromatic nitrogens is 2. The molecule has 1 heterocycles. The van der Waals surface area contributed by atoms with Gasteiger partial charge >= 0.3 is 0 Å². The molecule has 0 fully saturated rings. The van der Waals surface area contributed by atoms with Crippen LogP contribution in [0.15, 0.2) is 41.1 Å². The van der Waals surface area contributed by atoms with Gasteiger partial charge in [0.1, 0.15) is 12.3 Å². The summed E-state index contributed by atoms with van der Waals surface area (Å²) in [6.45, 7) is 0.169. The van der Waals surface area contributed by atoms with Crippen molar-refractivity contribution in [1.29, 1.82) is 0 Å². The fraction of sp³-hybridized carbons (Fsp3) is 0.167. The van der Waals surface area contributed by atoms with Crippen LogP contribution in [0.3, 0.4) is 0 Å². The maximum Gasteiger partial charge on any atom is 0.246 e. The number of nitrogens with one attached hydrogen (secondary N) is 1. The fourth-order valence-electron chi connectivity index (χ4n) is 1.51. The lowest BCUT2D eigenvalue weighted by Crippen LogP contribution is -2.19. The van der Waals surface area contributed by atoms with Gasteiger partial charge in [-0.25, -0.2) is 0 Å². The molecule has 0 saturated carbocycles. The lowest BCUT2D eigenvalue weighted by atomic mass is 10.3. The third kappa shape index (κ3) is 3.10. The van der Waals surface area contributed by atoms with Crippen LogP contribution < -0.4 is 10.1 Å². The predicted octanol–water partition coefficient (Wildman–Crippen LogP) is 2.29. The number of benzene rings is 1. The van der Waals surface area contributed by atoms with E-state index in [-0.39, 0.29) is 12.5 Å². The molecule has 0 bridgehead atoms. The topological polar surface area (TPSA) is 56.1 Å². The summed E-state index contributed by atoms with van der Waals surface area (Å²) in [5.41, 5.74) is 0.629. The van der Waals surface area contributed by atoms with Gasteiger partial charge in [0.05, 0.1) is 12.8 Å². The Bertz CT molecular complexity index is 540. The molecule has 0 aliphatic heterocycles. The first-order chi connectivity index (χ1) is 8.69. The van der Waals surface area contributed by atoms with Gasteiger partial charge in [-0.1, -0.05) is 15.9 Å². The number of hydrogen-bond acceptors (Lipinski definition) is 3. The van der Waals surface area contributed by atoms with Gasteiger partial charge in [-0.2, -0.15) is 5.10 Å². The molecule has 0 aliphatic carbocycles. The first-order valence-corrected chi connectivity index (χ1v) is 6.09. The van der Waals surface area contributed by atoms with Crippen molar-refractivity contribution in [2.75, 3.05) is 12.4 Å². The zero-order chi connectivity index (χ0) is 13.0. The van der Waals surface area contributed by atoms with Crippen molar-refractivity contribution >= 4 is 27.5 Å².